The van der Waals surface area contributed by atoms with Gasteiger partial charge in [0.2, 0.25) is 0 Å². The molecule has 0 amide bonds. The first kappa shape index (κ1) is 15.0. The lowest BCUT2D eigenvalue weighted by Gasteiger charge is -2.20. The van der Waals surface area contributed by atoms with E-state index in [1.54, 1.807) is 23.3 Å². The summed E-state index contributed by atoms with van der Waals surface area (Å²) in [6, 6.07) is 1.49. The van der Waals surface area contributed by atoms with E-state index in [0.29, 0.717) is 0 Å². The molecule has 3 heterocycles. The van der Waals surface area contributed by atoms with E-state index in [9.17, 15) is 8.78 Å². The highest BCUT2D eigenvalue weighted by Gasteiger charge is 2.26. The maximum atomic E-state index is 12.9. The molecule has 1 N–H and O–H groups in total. The fourth-order valence-electron chi connectivity index (χ4n) is 3.58. The van der Waals surface area contributed by atoms with Crippen LogP contribution in [0.15, 0.2) is 43.1 Å². The molecule has 1 atom stereocenters. The Morgan fingerprint density at radius 2 is 2.12 bits per heavy atom. The number of fused-ring (bicyclic) bond motifs is 1. The summed E-state index contributed by atoms with van der Waals surface area (Å²) in [4.78, 5) is 11.5. The first-order valence-electron chi connectivity index (χ1n) is 8.08. The lowest BCUT2D eigenvalue weighted by atomic mass is 9.98. The third kappa shape index (κ3) is 2.70. The van der Waals surface area contributed by atoms with Crippen LogP contribution < -0.4 is 0 Å². The number of aromatic nitrogens is 5. The molecule has 1 saturated carbocycles. The molecule has 0 radical (unpaired) electrons. The highest BCUT2D eigenvalue weighted by atomic mass is 19.3. The van der Waals surface area contributed by atoms with Crippen molar-refractivity contribution >= 4 is 11.0 Å². The smallest absolute Gasteiger partial charge is 0.268 e. The normalized spacial score (nSPS) is 16.6. The zero-order chi connectivity index (χ0) is 16.5. The molecular formula is C17H17F2N5. The fraction of sp³-hybridized carbons (Fsp3) is 0.353. The quantitative estimate of drug-likeness (QED) is 0.775. The molecule has 1 aliphatic rings. The minimum Gasteiger partial charge on any atom is -0.346 e. The van der Waals surface area contributed by atoms with Crippen molar-refractivity contribution in [1.29, 1.82) is 0 Å². The van der Waals surface area contributed by atoms with E-state index >= 15 is 0 Å². The van der Waals surface area contributed by atoms with Gasteiger partial charge < -0.3 is 4.98 Å². The Balaban J connectivity index is 1.72. The lowest BCUT2D eigenvalue weighted by Crippen LogP contribution is -2.16. The number of nitrogens with zero attached hydrogens (tertiary/aromatic N) is 4. The van der Waals surface area contributed by atoms with E-state index in [1.807, 2.05) is 6.07 Å². The second kappa shape index (κ2) is 6.14. The van der Waals surface area contributed by atoms with Gasteiger partial charge in [0, 0.05) is 29.4 Å². The fourth-order valence-corrected chi connectivity index (χ4v) is 3.58. The number of allylic oxidation sites excluding steroid dienone is 1. The molecule has 124 valence electrons. The zero-order valence-corrected chi connectivity index (χ0v) is 13.0. The molecule has 7 heteroatoms. The molecule has 3 aromatic heterocycles. The summed E-state index contributed by atoms with van der Waals surface area (Å²) in [5, 5.41) is 5.24. The van der Waals surface area contributed by atoms with Crippen LogP contribution in [0, 0.1) is 5.92 Å². The topological polar surface area (TPSA) is 59.4 Å². The lowest BCUT2D eigenvalue weighted by molar-refractivity contribution is 0.342. The Morgan fingerprint density at radius 1 is 1.29 bits per heavy atom. The third-order valence-corrected chi connectivity index (χ3v) is 4.71. The summed E-state index contributed by atoms with van der Waals surface area (Å²) in [7, 11) is 0. The third-order valence-electron chi connectivity index (χ3n) is 4.71. The van der Waals surface area contributed by atoms with Crippen molar-refractivity contribution in [2.45, 2.75) is 31.7 Å². The summed E-state index contributed by atoms with van der Waals surface area (Å²) in [5.74, 6) is 0.205. The van der Waals surface area contributed by atoms with Crippen molar-refractivity contribution in [3.8, 4) is 11.3 Å². The summed E-state index contributed by atoms with van der Waals surface area (Å²) in [6.45, 7) is 0. The highest BCUT2D eigenvalue weighted by molar-refractivity contribution is 5.89. The number of rotatable bonds is 4. The largest absolute Gasteiger partial charge is 0.346 e. The number of hydrogen-bond acceptors (Lipinski definition) is 3. The molecular weight excluding hydrogens is 312 g/mol. The number of aromatic amines is 1. The Bertz CT molecular complexity index is 872. The molecule has 1 unspecified atom stereocenters. The van der Waals surface area contributed by atoms with Gasteiger partial charge in [0.05, 0.1) is 17.9 Å². The molecule has 1 fully saturated rings. The Morgan fingerprint density at radius 3 is 2.92 bits per heavy atom. The number of H-pyrrole nitrogens is 1. The maximum Gasteiger partial charge on any atom is 0.268 e. The van der Waals surface area contributed by atoms with E-state index in [-0.39, 0.29) is 5.92 Å². The molecule has 24 heavy (non-hydrogen) atoms. The molecule has 4 rings (SSSR count). The average molecular weight is 329 g/mol. The SMILES string of the molecule is FC(F)=CC(C1CCCC1)n1cc(-c2ncnc3[nH]ccc23)cn1. The van der Waals surface area contributed by atoms with Gasteiger partial charge in [-0.2, -0.15) is 13.9 Å². The molecule has 0 bridgehead atoms. The van der Waals surface area contributed by atoms with E-state index in [0.717, 1.165) is 54.1 Å². The van der Waals surface area contributed by atoms with Gasteiger partial charge in [-0.05, 0) is 24.8 Å². The minimum atomic E-state index is -1.65. The van der Waals surface area contributed by atoms with Crippen molar-refractivity contribution in [3.63, 3.8) is 0 Å². The van der Waals surface area contributed by atoms with E-state index in [1.165, 1.54) is 6.33 Å². The van der Waals surface area contributed by atoms with Crippen LogP contribution in [0.25, 0.3) is 22.3 Å². The van der Waals surface area contributed by atoms with Crippen LogP contribution in [0.3, 0.4) is 0 Å². The number of halogens is 2. The van der Waals surface area contributed by atoms with Crippen molar-refractivity contribution < 1.29 is 8.78 Å². The molecule has 3 aromatic rings. The highest BCUT2D eigenvalue weighted by Crippen LogP contribution is 2.36. The monoisotopic (exact) mass is 329 g/mol. The molecule has 0 saturated heterocycles. The predicted molar refractivity (Wildman–Crippen MR) is 86.4 cm³/mol. The van der Waals surface area contributed by atoms with Gasteiger partial charge in [0.15, 0.2) is 0 Å². The standard InChI is InChI=1S/C17H17F2N5/c18-15(19)7-14(11-3-1-2-4-11)24-9-12(8-23-24)16-13-5-6-20-17(13)22-10-21-16/h5-11,14H,1-4H2,(H,20,21,22). The van der Waals surface area contributed by atoms with Gasteiger partial charge in [-0.1, -0.05) is 12.8 Å². The first-order chi connectivity index (χ1) is 11.7. The van der Waals surface area contributed by atoms with Crippen LogP contribution >= 0.6 is 0 Å². The van der Waals surface area contributed by atoms with Crippen LogP contribution in [-0.2, 0) is 0 Å². The summed E-state index contributed by atoms with van der Waals surface area (Å²) in [6.07, 6.45) is 10.2. The Kier molecular flexibility index (Phi) is 3.84. The van der Waals surface area contributed by atoms with Gasteiger partial charge in [-0.3, -0.25) is 4.68 Å². The van der Waals surface area contributed by atoms with Crippen molar-refractivity contribution in [2.75, 3.05) is 0 Å². The van der Waals surface area contributed by atoms with Gasteiger partial charge in [0.1, 0.15) is 12.0 Å². The van der Waals surface area contributed by atoms with E-state index in [2.05, 4.69) is 20.1 Å². The van der Waals surface area contributed by atoms with Gasteiger partial charge >= 0.3 is 0 Å². The van der Waals surface area contributed by atoms with Crippen molar-refractivity contribution in [2.24, 2.45) is 5.92 Å². The van der Waals surface area contributed by atoms with Gasteiger partial charge in [-0.25, -0.2) is 9.97 Å². The van der Waals surface area contributed by atoms with Crippen LogP contribution in [0.2, 0.25) is 0 Å². The molecule has 0 aromatic carbocycles. The maximum absolute atomic E-state index is 12.9. The first-order valence-corrected chi connectivity index (χ1v) is 8.08. The van der Waals surface area contributed by atoms with E-state index in [4.69, 9.17) is 0 Å². The Hall–Kier alpha value is -2.57. The van der Waals surface area contributed by atoms with E-state index < -0.39 is 12.1 Å². The molecule has 0 aliphatic heterocycles. The molecule has 1 aliphatic carbocycles. The van der Waals surface area contributed by atoms with Gasteiger partial charge in [0.25, 0.3) is 6.08 Å². The number of hydrogen-bond donors (Lipinski definition) is 1. The van der Waals surface area contributed by atoms with Crippen LogP contribution in [0.1, 0.15) is 31.7 Å². The second-order valence-electron chi connectivity index (χ2n) is 6.16. The van der Waals surface area contributed by atoms with Crippen LogP contribution in [0.4, 0.5) is 8.78 Å². The molecule has 5 nitrogen and oxygen atoms in total. The minimum absolute atomic E-state index is 0.205. The Labute approximate surface area is 137 Å². The summed E-state index contributed by atoms with van der Waals surface area (Å²) >= 11 is 0. The summed E-state index contributed by atoms with van der Waals surface area (Å²) < 4.78 is 27.5. The van der Waals surface area contributed by atoms with Crippen molar-refractivity contribution in [1.82, 2.24) is 24.7 Å². The second-order valence-corrected chi connectivity index (χ2v) is 6.16. The summed E-state index contributed by atoms with van der Waals surface area (Å²) in [5.41, 5.74) is 2.30. The zero-order valence-electron chi connectivity index (χ0n) is 13.0. The van der Waals surface area contributed by atoms with Crippen LogP contribution in [-0.4, -0.2) is 24.7 Å². The van der Waals surface area contributed by atoms with Gasteiger partial charge in [-0.15, -0.1) is 0 Å². The number of nitrogens with one attached hydrogen (secondary N) is 1. The van der Waals surface area contributed by atoms with Crippen molar-refractivity contribution in [3.05, 3.63) is 43.1 Å². The predicted octanol–water partition coefficient (Wildman–Crippen LogP) is 4.33. The molecule has 0 spiro atoms. The van der Waals surface area contributed by atoms with Crippen LogP contribution in [0.5, 0.6) is 0 Å². The average Bonchev–Trinajstić information content (AvgIpc) is 3.32.